The lowest BCUT2D eigenvalue weighted by molar-refractivity contribution is -0.139. The number of esters is 1. The largest absolute Gasteiger partial charge is 0.483 e. The quantitative estimate of drug-likeness (QED) is 0.445. The maximum absolute atomic E-state index is 11.4. The standard InChI is InChI=1S/C16H20O3/c1-4-8-15(16(17)18-3)19-12-11-13(2)14-9-6-5-7-10-14/h5-11H,4,12H2,1-3H3/b13-11+,15-8-. The topological polar surface area (TPSA) is 35.5 Å². The van der Waals surface area contributed by atoms with E-state index in [1.54, 1.807) is 6.08 Å². The summed E-state index contributed by atoms with van der Waals surface area (Å²) < 4.78 is 10.1. The molecule has 0 aliphatic heterocycles. The molecule has 3 nitrogen and oxygen atoms in total. The molecule has 1 aromatic rings. The molecule has 0 unspecified atom stereocenters. The summed E-state index contributed by atoms with van der Waals surface area (Å²) >= 11 is 0. The highest BCUT2D eigenvalue weighted by Crippen LogP contribution is 2.13. The van der Waals surface area contributed by atoms with E-state index in [2.05, 4.69) is 4.74 Å². The Morgan fingerprint density at radius 2 is 1.89 bits per heavy atom. The first-order valence-corrected chi connectivity index (χ1v) is 6.32. The Bertz CT molecular complexity index is 458. The minimum absolute atomic E-state index is 0.266. The third-order valence-corrected chi connectivity index (χ3v) is 2.63. The van der Waals surface area contributed by atoms with Crippen LogP contribution in [0.25, 0.3) is 5.57 Å². The number of ether oxygens (including phenoxy) is 2. The monoisotopic (exact) mass is 260 g/mol. The molecule has 102 valence electrons. The fraction of sp³-hybridized carbons (Fsp3) is 0.312. The summed E-state index contributed by atoms with van der Waals surface area (Å²) in [6, 6.07) is 10.0. The van der Waals surface area contributed by atoms with Gasteiger partial charge >= 0.3 is 5.97 Å². The third-order valence-electron chi connectivity index (χ3n) is 2.63. The van der Waals surface area contributed by atoms with E-state index in [0.717, 1.165) is 17.6 Å². The first kappa shape index (κ1) is 15.0. The maximum atomic E-state index is 11.4. The van der Waals surface area contributed by atoms with Crippen LogP contribution in [0.1, 0.15) is 25.8 Å². The summed E-state index contributed by atoms with van der Waals surface area (Å²) in [4.78, 5) is 11.4. The van der Waals surface area contributed by atoms with Crippen LogP contribution in [0.4, 0.5) is 0 Å². The van der Waals surface area contributed by atoms with Gasteiger partial charge in [0.25, 0.3) is 0 Å². The summed E-state index contributed by atoms with van der Waals surface area (Å²) in [7, 11) is 1.35. The predicted octanol–water partition coefficient (Wildman–Crippen LogP) is 3.57. The number of methoxy groups -OCH3 is 1. The van der Waals surface area contributed by atoms with Crippen molar-refractivity contribution in [3.05, 3.63) is 53.8 Å². The molecular weight excluding hydrogens is 240 g/mol. The van der Waals surface area contributed by atoms with Crippen LogP contribution >= 0.6 is 0 Å². The SMILES string of the molecule is CC/C=C(\OC/C=C(\C)c1ccccc1)C(=O)OC. The zero-order valence-corrected chi connectivity index (χ0v) is 11.7. The molecule has 0 aromatic heterocycles. The van der Waals surface area contributed by atoms with Crippen LogP contribution in [0.2, 0.25) is 0 Å². The molecule has 0 radical (unpaired) electrons. The molecule has 0 aliphatic rings. The summed E-state index contributed by atoms with van der Waals surface area (Å²) in [5.74, 6) is -0.172. The Kier molecular flexibility index (Phi) is 6.44. The molecule has 0 saturated heterocycles. The van der Waals surface area contributed by atoms with E-state index >= 15 is 0 Å². The van der Waals surface area contributed by atoms with Crippen molar-refractivity contribution >= 4 is 11.5 Å². The molecule has 19 heavy (non-hydrogen) atoms. The van der Waals surface area contributed by atoms with Crippen LogP contribution in [-0.2, 0) is 14.3 Å². The molecule has 0 atom stereocenters. The molecule has 0 spiro atoms. The Hall–Kier alpha value is -2.03. The van der Waals surface area contributed by atoms with Crippen LogP contribution in [0.5, 0.6) is 0 Å². The molecule has 1 rings (SSSR count). The lowest BCUT2D eigenvalue weighted by Crippen LogP contribution is -2.08. The molecule has 0 aliphatic carbocycles. The summed E-state index contributed by atoms with van der Waals surface area (Å²) in [5, 5.41) is 0. The zero-order chi connectivity index (χ0) is 14.1. The normalized spacial score (nSPS) is 12.2. The predicted molar refractivity (Wildman–Crippen MR) is 76.4 cm³/mol. The van der Waals surface area contributed by atoms with E-state index in [0.29, 0.717) is 6.61 Å². The minimum Gasteiger partial charge on any atom is -0.483 e. The molecule has 3 heteroatoms. The average molecular weight is 260 g/mol. The van der Waals surface area contributed by atoms with Gasteiger partial charge in [-0.25, -0.2) is 4.79 Å². The number of carbonyl (C=O) groups is 1. The van der Waals surface area contributed by atoms with Crippen molar-refractivity contribution in [1.82, 2.24) is 0 Å². The summed E-state index contributed by atoms with van der Waals surface area (Å²) in [6.45, 7) is 4.30. The second kappa shape index (κ2) is 8.14. The fourth-order valence-corrected chi connectivity index (χ4v) is 1.56. The van der Waals surface area contributed by atoms with Gasteiger partial charge < -0.3 is 9.47 Å². The number of hydrogen-bond acceptors (Lipinski definition) is 3. The third kappa shape index (κ3) is 5.00. The number of hydrogen-bond donors (Lipinski definition) is 0. The van der Waals surface area contributed by atoms with E-state index in [4.69, 9.17) is 4.74 Å². The van der Waals surface area contributed by atoms with Crippen molar-refractivity contribution in [2.75, 3.05) is 13.7 Å². The van der Waals surface area contributed by atoms with Crippen molar-refractivity contribution in [2.45, 2.75) is 20.3 Å². The first-order valence-electron chi connectivity index (χ1n) is 6.32. The first-order chi connectivity index (χ1) is 9.19. The Balaban J connectivity index is 2.61. The Labute approximate surface area is 114 Å². The molecule has 1 aromatic carbocycles. The number of rotatable bonds is 6. The highest BCUT2D eigenvalue weighted by Gasteiger charge is 2.09. The summed E-state index contributed by atoms with van der Waals surface area (Å²) in [5.41, 5.74) is 2.26. The van der Waals surface area contributed by atoms with Gasteiger partial charge in [0.15, 0.2) is 0 Å². The van der Waals surface area contributed by atoms with Crippen molar-refractivity contribution in [3.63, 3.8) is 0 Å². The molecule has 0 heterocycles. The number of benzene rings is 1. The molecule has 0 amide bonds. The van der Waals surface area contributed by atoms with E-state index in [-0.39, 0.29) is 5.76 Å². The Morgan fingerprint density at radius 1 is 1.21 bits per heavy atom. The second-order valence-corrected chi connectivity index (χ2v) is 4.03. The average Bonchev–Trinajstić information content (AvgIpc) is 2.46. The van der Waals surface area contributed by atoms with Crippen molar-refractivity contribution < 1.29 is 14.3 Å². The van der Waals surface area contributed by atoms with Crippen LogP contribution < -0.4 is 0 Å². The van der Waals surface area contributed by atoms with Gasteiger partial charge in [-0.2, -0.15) is 0 Å². The smallest absolute Gasteiger partial charge is 0.372 e. The van der Waals surface area contributed by atoms with Crippen LogP contribution in [0, 0.1) is 0 Å². The lowest BCUT2D eigenvalue weighted by Gasteiger charge is -2.07. The van der Waals surface area contributed by atoms with Gasteiger partial charge in [0.1, 0.15) is 6.61 Å². The van der Waals surface area contributed by atoms with E-state index in [1.807, 2.05) is 50.3 Å². The fourth-order valence-electron chi connectivity index (χ4n) is 1.56. The molecule has 0 saturated carbocycles. The van der Waals surface area contributed by atoms with E-state index in [1.165, 1.54) is 7.11 Å². The van der Waals surface area contributed by atoms with Crippen LogP contribution in [0.15, 0.2) is 48.2 Å². The van der Waals surface area contributed by atoms with Gasteiger partial charge in [-0.05, 0) is 36.6 Å². The van der Waals surface area contributed by atoms with Gasteiger partial charge in [0, 0.05) is 0 Å². The summed E-state index contributed by atoms with van der Waals surface area (Å²) in [6.07, 6.45) is 4.39. The maximum Gasteiger partial charge on any atom is 0.372 e. The molecule has 0 bridgehead atoms. The van der Waals surface area contributed by atoms with Gasteiger partial charge in [0.2, 0.25) is 5.76 Å². The molecule has 0 fully saturated rings. The molecule has 0 N–H and O–H groups in total. The highest BCUT2D eigenvalue weighted by atomic mass is 16.6. The van der Waals surface area contributed by atoms with Gasteiger partial charge in [-0.15, -0.1) is 0 Å². The van der Waals surface area contributed by atoms with Crippen LogP contribution in [0.3, 0.4) is 0 Å². The molecular formula is C16H20O3. The highest BCUT2D eigenvalue weighted by molar-refractivity contribution is 5.86. The number of carbonyl (C=O) groups excluding carboxylic acids is 1. The van der Waals surface area contributed by atoms with E-state index < -0.39 is 5.97 Å². The van der Waals surface area contributed by atoms with E-state index in [9.17, 15) is 4.79 Å². The van der Waals surface area contributed by atoms with Crippen molar-refractivity contribution in [2.24, 2.45) is 0 Å². The van der Waals surface area contributed by atoms with Crippen molar-refractivity contribution in [3.8, 4) is 0 Å². The van der Waals surface area contributed by atoms with Crippen LogP contribution in [-0.4, -0.2) is 19.7 Å². The van der Waals surface area contributed by atoms with Gasteiger partial charge in [-0.1, -0.05) is 37.3 Å². The Morgan fingerprint density at radius 3 is 2.47 bits per heavy atom. The van der Waals surface area contributed by atoms with Gasteiger partial charge in [0.05, 0.1) is 7.11 Å². The minimum atomic E-state index is -0.437. The number of allylic oxidation sites excluding steroid dienone is 2. The zero-order valence-electron chi connectivity index (χ0n) is 11.7. The van der Waals surface area contributed by atoms with Crippen molar-refractivity contribution in [1.29, 1.82) is 0 Å². The second-order valence-electron chi connectivity index (χ2n) is 4.03. The lowest BCUT2D eigenvalue weighted by atomic mass is 10.1. The van der Waals surface area contributed by atoms with Gasteiger partial charge in [-0.3, -0.25) is 0 Å².